The van der Waals surface area contributed by atoms with Crippen molar-refractivity contribution in [2.45, 2.75) is 19.1 Å². The number of hydrogen-bond donors (Lipinski definition) is 1. The Morgan fingerprint density at radius 3 is 2.61 bits per heavy atom. The molecule has 1 heterocycles. The van der Waals surface area contributed by atoms with Crippen LogP contribution in [-0.2, 0) is 11.4 Å². The molecular weight excluding hydrogens is 457 g/mol. The molecule has 1 atom stereocenters. The number of nitrogens with zero attached hydrogens (tertiary/aromatic N) is 2. The smallest absolute Gasteiger partial charge is 0.322 e. The minimum absolute atomic E-state index is 0.273. The van der Waals surface area contributed by atoms with Gasteiger partial charge in [0.25, 0.3) is 0 Å². The van der Waals surface area contributed by atoms with Gasteiger partial charge in [-0.05, 0) is 41.3 Å². The molecule has 0 bridgehead atoms. The van der Waals surface area contributed by atoms with Gasteiger partial charge in [-0.3, -0.25) is 0 Å². The Bertz CT molecular complexity index is 1400. The summed E-state index contributed by atoms with van der Waals surface area (Å²) >= 11 is 0. The maximum atomic E-state index is 13.5. The molecule has 0 aliphatic carbocycles. The van der Waals surface area contributed by atoms with Crippen molar-refractivity contribution < 1.29 is 18.8 Å². The van der Waals surface area contributed by atoms with Gasteiger partial charge in [0, 0.05) is 23.9 Å². The average Bonchev–Trinajstić information content (AvgIpc) is 3.38. The number of rotatable bonds is 7. The van der Waals surface area contributed by atoms with Gasteiger partial charge in [0.15, 0.2) is 6.10 Å². The molecule has 1 aliphatic rings. The normalized spacial score (nSPS) is 14.7. The van der Waals surface area contributed by atoms with E-state index in [1.165, 1.54) is 12.1 Å². The summed E-state index contributed by atoms with van der Waals surface area (Å²) in [5, 5.41) is 9.32. The second kappa shape index (κ2) is 10.5. The molecule has 7 heteroatoms. The van der Waals surface area contributed by atoms with Gasteiger partial charge in [0.1, 0.15) is 11.6 Å². The van der Waals surface area contributed by atoms with Crippen molar-refractivity contribution in [3.63, 3.8) is 0 Å². The van der Waals surface area contributed by atoms with Gasteiger partial charge in [-0.1, -0.05) is 65.8 Å². The lowest BCUT2D eigenvalue weighted by Crippen LogP contribution is -2.40. The Morgan fingerprint density at radius 1 is 1.03 bits per heavy atom. The second-order valence-electron chi connectivity index (χ2n) is 8.63. The fraction of sp³-hybridized carbons (Fsp3) is 0.172. The number of carbonyl (C=O) groups is 1. The van der Waals surface area contributed by atoms with E-state index in [0.717, 1.165) is 39.0 Å². The highest BCUT2D eigenvalue weighted by Gasteiger charge is 2.28. The second-order valence-corrected chi connectivity index (χ2v) is 8.63. The third kappa shape index (κ3) is 5.15. The molecule has 1 N–H and O–H groups in total. The van der Waals surface area contributed by atoms with Crippen molar-refractivity contribution in [3.8, 4) is 5.75 Å². The Balaban J connectivity index is 1.35. The molecular formula is C29H26FN3O3. The number of para-hydroxylation sites is 1. The Morgan fingerprint density at radius 2 is 1.78 bits per heavy atom. The number of halogens is 1. The summed E-state index contributed by atoms with van der Waals surface area (Å²) < 4.78 is 18.9. The zero-order chi connectivity index (χ0) is 24.9. The monoisotopic (exact) mass is 483 g/mol. The Kier molecular flexibility index (Phi) is 6.80. The highest BCUT2D eigenvalue weighted by molar-refractivity contribution is 6.04. The predicted octanol–water partition coefficient (Wildman–Crippen LogP) is 6.21. The highest BCUT2D eigenvalue weighted by atomic mass is 19.1. The number of ether oxygens (including phenoxy) is 1. The fourth-order valence-electron chi connectivity index (χ4n) is 4.37. The first-order valence-corrected chi connectivity index (χ1v) is 11.7. The van der Waals surface area contributed by atoms with Gasteiger partial charge in [0.2, 0.25) is 0 Å². The van der Waals surface area contributed by atoms with Crippen molar-refractivity contribution in [1.82, 2.24) is 4.90 Å². The quantitative estimate of drug-likeness (QED) is 0.340. The van der Waals surface area contributed by atoms with E-state index in [-0.39, 0.29) is 18.0 Å². The van der Waals surface area contributed by atoms with Crippen LogP contribution in [0.15, 0.2) is 96.2 Å². The van der Waals surface area contributed by atoms with Gasteiger partial charge >= 0.3 is 6.03 Å². The minimum atomic E-state index is -0.330. The molecule has 2 amide bonds. The number of benzene rings is 4. The van der Waals surface area contributed by atoms with Gasteiger partial charge in [-0.15, -0.1) is 0 Å². The molecule has 1 aliphatic heterocycles. The standard InChI is InChI=1S/C29H26FN3O3/c1-35-28-12-5-4-10-25(28)27-17-23(36-32-27)19-33(18-20-13-15-22(30)16-14-20)29(34)31-26-11-6-8-21-7-2-3-9-24(21)26/h2-16,23H,17-19H2,1H3,(H,31,34)/t23-/m1/s1. The van der Waals surface area contributed by atoms with Crippen LogP contribution in [0.2, 0.25) is 0 Å². The van der Waals surface area contributed by atoms with Gasteiger partial charge in [-0.25, -0.2) is 9.18 Å². The first-order chi connectivity index (χ1) is 17.6. The molecule has 4 aromatic carbocycles. The van der Waals surface area contributed by atoms with Crippen molar-refractivity contribution in [3.05, 3.63) is 108 Å². The molecule has 0 radical (unpaired) electrons. The van der Waals surface area contributed by atoms with E-state index in [2.05, 4.69) is 10.5 Å². The molecule has 0 unspecified atom stereocenters. The highest BCUT2D eigenvalue weighted by Crippen LogP contribution is 2.26. The van der Waals surface area contributed by atoms with Crippen LogP contribution in [0, 0.1) is 5.82 Å². The number of urea groups is 1. The molecule has 0 spiro atoms. The predicted molar refractivity (Wildman–Crippen MR) is 139 cm³/mol. The van der Waals surface area contributed by atoms with E-state index in [1.54, 1.807) is 24.1 Å². The summed E-state index contributed by atoms with van der Waals surface area (Å²) in [7, 11) is 1.62. The molecule has 36 heavy (non-hydrogen) atoms. The van der Waals surface area contributed by atoms with E-state index < -0.39 is 0 Å². The van der Waals surface area contributed by atoms with Crippen LogP contribution in [-0.4, -0.2) is 36.4 Å². The fourth-order valence-corrected chi connectivity index (χ4v) is 4.37. The number of anilines is 1. The Hall–Kier alpha value is -4.39. The number of hydrogen-bond acceptors (Lipinski definition) is 4. The lowest BCUT2D eigenvalue weighted by atomic mass is 10.0. The van der Waals surface area contributed by atoms with E-state index in [1.807, 2.05) is 66.7 Å². The van der Waals surface area contributed by atoms with Gasteiger partial charge in [0.05, 0.1) is 25.1 Å². The first-order valence-electron chi connectivity index (χ1n) is 11.7. The van der Waals surface area contributed by atoms with Crippen molar-refractivity contribution in [2.75, 3.05) is 19.0 Å². The van der Waals surface area contributed by atoms with Crippen LogP contribution >= 0.6 is 0 Å². The zero-order valence-electron chi connectivity index (χ0n) is 19.9. The summed E-state index contributed by atoms with van der Waals surface area (Å²) in [6.45, 7) is 0.594. The molecule has 0 aromatic heterocycles. The molecule has 6 nitrogen and oxygen atoms in total. The van der Waals surface area contributed by atoms with Crippen LogP contribution in [0.3, 0.4) is 0 Å². The molecule has 0 fully saturated rings. The van der Waals surface area contributed by atoms with E-state index >= 15 is 0 Å². The van der Waals surface area contributed by atoms with Crippen molar-refractivity contribution in [2.24, 2.45) is 5.16 Å². The summed E-state index contributed by atoms with van der Waals surface area (Å²) in [5.41, 5.74) is 3.18. The number of nitrogens with one attached hydrogen (secondary N) is 1. The topological polar surface area (TPSA) is 63.2 Å². The van der Waals surface area contributed by atoms with E-state index in [9.17, 15) is 9.18 Å². The van der Waals surface area contributed by atoms with Crippen LogP contribution in [0.4, 0.5) is 14.9 Å². The molecule has 182 valence electrons. The van der Waals surface area contributed by atoms with E-state index in [4.69, 9.17) is 9.57 Å². The molecule has 5 rings (SSSR count). The minimum Gasteiger partial charge on any atom is -0.496 e. The lowest BCUT2D eigenvalue weighted by molar-refractivity contribution is 0.0608. The molecule has 0 saturated heterocycles. The first kappa shape index (κ1) is 23.4. The lowest BCUT2D eigenvalue weighted by Gasteiger charge is -2.25. The molecule has 4 aromatic rings. The summed E-state index contributed by atoms with van der Waals surface area (Å²) in [5.74, 6) is 0.400. The zero-order valence-corrected chi connectivity index (χ0v) is 19.9. The number of amides is 2. The Labute approximate surface area is 208 Å². The third-order valence-electron chi connectivity index (χ3n) is 6.18. The molecule has 0 saturated carbocycles. The van der Waals surface area contributed by atoms with Gasteiger partial charge in [-0.2, -0.15) is 0 Å². The largest absolute Gasteiger partial charge is 0.496 e. The number of fused-ring (bicyclic) bond motifs is 1. The third-order valence-corrected chi connectivity index (χ3v) is 6.18. The van der Waals surface area contributed by atoms with Crippen LogP contribution < -0.4 is 10.1 Å². The average molecular weight is 484 g/mol. The number of methoxy groups -OCH3 is 1. The van der Waals surface area contributed by atoms with Crippen LogP contribution in [0.5, 0.6) is 5.75 Å². The van der Waals surface area contributed by atoms with Crippen LogP contribution in [0.1, 0.15) is 17.5 Å². The number of oxime groups is 1. The van der Waals surface area contributed by atoms with Crippen LogP contribution in [0.25, 0.3) is 10.8 Å². The summed E-state index contributed by atoms with van der Waals surface area (Å²) in [6, 6.07) is 27.2. The summed E-state index contributed by atoms with van der Waals surface area (Å²) in [4.78, 5) is 20.9. The maximum Gasteiger partial charge on any atom is 0.322 e. The van der Waals surface area contributed by atoms with Gasteiger partial charge < -0.3 is 19.8 Å². The van der Waals surface area contributed by atoms with Crippen molar-refractivity contribution in [1.29, 1.82) is 0 Å². The number of carbonyl (C=O) groups excluding carboxylic acids is 1. The SMILES string of the molecule is COc1ccccc1C1=NO[C@@H](CN(Cc2ccc(F)cc2)C(=O)Nc2cccc3ccccc23)C1. The van der Waals surface area contributed by atoms with E-state index in [0.29, 0.717) is 19.5 Å². The van der Waals surface area contributed by atoms with Crippen molar-refractivity contribution >= 4 is 28.2 Å². The maximum absolute atomic E-state index is 13.5. The summed E-state index contributed by atoms with van der Waals surface area (Å²) in [6.07, 6.45) is 0.200.